The van der Waals surface area contributed by atoms with Crippen molar-refractivity contribution < 1.29 is 22.3 Å². The van der Waals surface area contributed by atoms with Crippen LogP contribution in [0.25, 0.3) is 0 Å². The molecule has 0 saturated carbocycles. The number of benzene rings is 2. The second-order valence-electron chi connectivity index (χ2n) is 5.83. The van der Waals surface area contributed by atoms with E-state index in [1.807, 2.05) is 0 Å². The van der Waals surface area contributed by atoms with Gasteiger partial charge in [-0.15, -0.1) is 0 Å². The fourth-order valence-electron chi connectivity index (χ4n) is 2.49. The van der Waals surface area contributed by atoms with Crippen LogP contribution in [0.15, 0.2) is 61.2 Å². The fourth-order valence-corrected chi connectivity index (χ4v) is 3.65. The van der Waals surface area contributed by atoms with Crippen LogP contribution in [0.5, 0.6) is 5.75 Å². The molecule has 0 aliphatic heterocycles. The second-order valence-corrected chi connectivity index (χ2v) is 7.69. The standard InChI is InChI=1S/C19H21FN2O4S/c1-4-11-26-18-10-6-8-16(13-18)21-19(23)14(2)22(27(3,24)25)17-9-5-7-15(20)12-17/h4-10,12-14H,1,11H2,2-3H3,(H,21,23)/t14-/m0/s1. The molecule has 2 rings (SSSR count). The van der Waals surface area contributed by atoms with E-state index < -0.39 is 27.8 Å². The summed E-state index contributed by atoms with van der Waals surface area (Å²) in [4.78, 5) is 12.6. The van der Waals surface area contributed by atoms with Crippen LogP contribution in [0.2, 0.25) is 0 Å². The van der Waals surface area contributed by atoms with Gasteiger partial charge in [0.2, 0.25) is 15.9 Å². The molecule has 1 N–H and O–H groups in total. The maximum atomic E-state index is 13.5. The van der Waals surface area contributed by atoms with Gasteiger partial charge in [-0.1, -0.05) is 24.8 Å². The van der Waals surface area contributed by atoms with E-state index in [1.54, 1.807) is 30.3 Å². The summed E-state index contributed by atoms with van der Waals surface area (Å²) < 4.78 is 44.2. The Kier molecular flexibility index (Phi) is 6.57. The monoisotopic (exact) mass is 392 g/mol. The summed E-state index contributed by atoms with van der Waals surface area (Å²) in [5, 5.41) is 2.65. The second kappa shape index (κ2) is 8.68. The van der Waals surface area contributed by atoms with Crippen LogP contribution in [-0.2, 0) is 14.8 Å². The number of hydrogen-bond acceptors (Lipinski definition) is 4. The quantitative estimate of drug-likeness (QED) is 0.700. The lowest BCUT2D eigenvalue weighted by molar-refractivity contribution is -0.116. The number of carbonyl (C=O) groups excluding carboxylic acids is 1. The molecule has 1 amide bonds. The van der Waals surface area contributed by atoms with Crippen LogP contribution in [0.3, 0.4) is 0 Å². The zero-order valence-electron chi connectivity index (χ0n) is 15.1. The number of nitrogens with one attached hydrogen (secondary N) is 1. The van der Waals surface area contributed by atoms with E-state index in [4.69, 9.17) is 4.74 Å². The van der Waals surface area contributed by atoms with Crippen LogP contribution >= 0.6 is 0 Å². The normalized spacial score (nSPS) is 12.1. The summed E-state index contributed by atoms with van der Waals surface area (Å²) in [6.45, 7) is 5.31. The van der Waals surface area contributed by atoms with Gasteiger partial charge in [0.1, 0.15) is 24.2 Å². The summed E-state index contributed by atoms with van der Waals surface area (Å²) in [6, 6.07) is 10.7. The Bertz CT molecular complexity index is 931. The zero-order valence-corrected chi connectivity index (χ0v) is 15.9. The molecule has 27 heavy (non-hydrogen) atoms. The number of hydrogen-bond donors (Lipinski definition) is 1. The Balaban J connectivity index is 2.24. The van der Waals surface area contributed by atoms with Crippen molar-refractivity contribution in [2.45, 2.75) is 13.0 Å². The average Bonchev–Trinajstić information content (AvgIpc) is 2.59. The number of nitrogens with zero attached hydrogens (tertiary/aromatic N) is 1. The van der Waals surface area contributed by atoms with Crippen LogP contribution < -0.4 is 14.4 Å². The van der Waals surface area contributed by atoms with Gasteiger partial charge in [0.15, 0.2) is 0 Å². The predicted octanol–water partition coefficient (Wildman–Crippen LogP) is 3.18. The summed E-state index contributed by atoms with van der Waals surface area (Å²) in [7, 11) is -3.82. The van der Waals surface area contributed by atoms with Crippen molar-refractivity contribution in [1.82, 2.24) is 0 Å². The lowest BCUT2D eigenvalue weighted by Crippen LogP contribution is -2.45. The lowest BCUT2D eigenvalue weighted by atomic mass is 10.2. The van der Waals surface area contributed by atoms with Crippen molar-refractivity contribution >= 4 is 27.3 Å². The van der Waals surface area contributed by atoms with E-state index in [9.17, 15) is 17.6 Å². The van der Waals surface area contributed by atoms with Gasteiger partial charge >= 0.3 is 0 Å². The third-order valence-corrected chi connectivity index (χ3v) is 4.86. The molecule has 0 radical (unpaired) electrons. The topological polar surface area (TPSA) is 75.7 Å². The minimum Gasteiger partial charge on any atom is -0.489 e. The lowest BCUT2D eigenvalue weighted by Gasteiger charge is -2.28. The van der Waals surface area contributed by atoms with Crippen molar-refractivity contribution in [2.75, 3.05) is 22.5 Å². The van der Waals surface area contributed by atoms with E-state index in [-0.39, 0.29) is 5.69 Å². The third-order valence-electron chi connectivity index (χ3n) is 3.62. The fraction of sp³-hybridized carbons (Fsp3) is 0.211. The van der Waals surface area contributed by atoms with Gasteiger partial charge in [-0.05, 0) is 37.3 Å². The molecule has 0 bridgehead atoms. The van der Waals surface area contributed by atoms with Crippen molar-refractivity contribution in [1.29, 1.82) is 0 Å². The Labute approximate surface area is 158 Å². The zero-order chi connectivity index (χ0) is 20.0. The molecule has 8 heteroatoms. The Morgan fingerprint density at radius 1 is 1.30 bits per heavy atom. The van der Waals surface area contributed by atoms with Gasteiger partial charge in [0.25, 0.3) is 0 Å². The third kappa shape index (κ3) is 5.55. The van der Waals surface area contributed by atoms with Crippen LogP contribution in [-0.4, -0.2) is 33.2 Å². The van der Waals surface area contributed by atoms with Crippen molar-refractivity contribution in [2.24, 2.45) is 0 Å². The molecule has 0 spiro atoms. The van der Waals surface area contributed by atoms with Crippen LogP contribution in [0.1, 0.15) is 6.92 Å². The molecule has 0 heterocycles. The smallest absolute Gasteiger partial charge is 0.247 e. The summed E-state index contributed by atoms with van der Waals surface area (Å²) in [5.41, 5.74) is 0.518. The molecule has 0 aromatic heterocycles. The molecule has 0 aliphatic rings. The van der Waals surface area contributed by atoms with E-state index in [2.05, 4.69) is 11.9 Å². The van der Waals surface area contributed by atoms with E-state index >= 15 is 0 Å². The van der Waals surface area contributed by atoms with Crippen molar-refractivity contribution in [3.8, 4) is 5.75 Å². The molecule has 0 fully saturated rings. The molecule has 1 atom stereocenters. The number of rotatable bonds is 8. The summed E-state index contributed by atoms with van der Waals surface area (Å²) in [5.74, 6) is -0.628. The van der Waals surface area contributed by atoms with Gasteiger partial charge in [-0.25, -0.2) is 12.8 Å². The molecule has 2 aromatic rings. The van der Waals surface area contributed by atoms with E-state index in [1.165, 1.54) is 25.1 Å². The van der Waals surface area contributed by atoms with Gasteiger partial charge in [-0.3, -0.25) is 9.10 Å². The largest absolute Gasteiger partial charge is 0.489 e. The van der Waals surface area contributed by atoms with Crippen molar-refractivity contribution in [3.05, 3.63) is 67.0 Å². The summed E-state index contributed by atoms with van der Waals surface area (Å²) >= 11 is 0. The number of amides is 1. The first kappa shape index (κ1) is 20.4. The highest BCUT2D eigenvalue weighted by molar-refractivity contribution is 7.92. The predicted molar refractivity (Wildman–Crippen MR) is 104 cm³/mol. The number of anilines is 2. The molecule has 144 valence electrons. The minimum absolute atomic E-state index is 0.0724. The molecule has 6 nitrogen and oxygen atoms in total. The van der Waals surface area contributed by atoms with Crippen molar-refractivity contribution in [3.63, 3.8) is 0 Å². The van der Waals surface area contributed by atoms with Crippen LogP contribution in [0.4, 0.5) is 15.8 Å². The highest BCUT2D eigenvalue weighted by atomic mass is 32.2. The number of halogens is 1. The average molecular weight is 392 g/mol. The van der Waals surface area contributed by atoms with Gasteiger partial charge in [-0.2, -0.15) is 0 Å². The Morgan fingerprint density at radius 2 is 2.00 bits per heavy atom. The Hall–Kier alpha value is -2.87. The molecular formula is C19H21FN2O4S. The highest BCUT2D eigenvalue weighted by Crippen LogP contribution is 2.23. The maximum Gasteiger partial charge on any atom is 0.247 e. The van der Waals surface area contributed by atoms with Gasteiger partial charge < -0.3 is 10.1 Å². The molecule has 0 saturated heterocycles. The molecule has 0 unspecified atom stereocenters. The maximum absolute atomic E-state index is 13.5. The number of carbonyl (C=O) groups is 1. The molecular weight excluding hydrogens is 371 g/mol. The number of ether oxygens (including phenoxy) is 1. The molecule has 2 aromatic carbocycles. The first-order chi connectivity index (χ1) is 12.7. The molecule has 0 aliphatic carbocycles. The Morgan fingerprint density at radius 3 is 2.63 bits per heavy atom. The summed E-state index contributed by atoms with van der Waals surface area (Å²) in [6.07, 6.45) is 2.56. The van der Waals surface area contributed by atoms with E-state index in [0.29, 0.717) is 18.0 Å². The SMILES string of the molecule is C=CCOc1cccc(NC(=O)[C@H](C)N(c2cccc(F)c2)S(C)(=O)=O)c1. The van der Waals surface area contributed by atoms with Crippen LogP contribution in [0, 0.1) is 5.82 Å². The first-order valence-electron chi connectivity index (χ1n) is 8.12. The van der Waals surface area contributed by atoms with Gasteiger partial charge in [0.05, 0.1) is 11.9 Å². The van der Waals surface area contributed by atoms with Gasteiger partial charge in [0, 0.05) is 11.8 Å². The highest BCUT2D eigenvalue weighted by Gasteiger charge is 2.29. The first-order valence-corrected chi connectivity index (χ1v) is 9.97. The minimum atomic E-state index is -3.82. The number of sulfonamides is 1. The van der Waals surface area contributed by atoms with E-state index in [0.717, 1.165) is 16.6 Å².